The van der Waals surface area contributed by atoms with Gasteiger partial charge in [-0.05, 0) is 50.2 Å². The fraction of sp³-hybridized carbons (Fsp3) is 0.286. The van der Waals surface area contributed by atoms with Gasteiger partial charge in [-0.3, -0.25) is 14.3 Å². The predicted molar refractivity (Wildman–Crippen MR) is 114 cm³/mol. The maximum absolute atomic E-state index is 12.4. The second-order valence-electron chi connectivity index (χ2n) is 7.07. The highest BCUT2D eigenvalue weighted by molar-refractivity contribution is 6.36. The summed E-state index contributed by atoms with van der Waals surface area (Å²) in [5.41, 5.74) is 1.33. The van der Waals surface area contributed by atoms with Crippen molar-refractivity contribution in [2.24, 2.45) is 10.2 Å². The molecule has 3 aromatic rings. The first-order chi connectivity index (χ1) is 14.0. The second kappa shape index (κ2) is 8.53. The number of benzene rings is 2. The maximum Gasteiger partial charge on any atom is 0.296 e. The van der Waals surface area contributed by atoms with E-state index in [1.807, 2.05) is 28.8 Å². The lowest BCUT2D eigenvalue weighted by Crippen LogP contribution is -2.31. The van der Waals surface area contributed by atoms with E-state index in [-0.39, 0.29) is 22.2 Å². The van der Waals surface area contributed by atoms with Crippen LogP contribution in [0.5, 0.6) is 5.88 Å². The summed E-state index contributed by atoms with van der Waals surface area (Å²) >= 11 is 12.0. The van der Waals surface area contributed by atoms with E-state index in [0.29, 0.717) is 11.7 Å². The lowest BCUT2D eigenvalue weighted by Gasteiger charge is -2.27. The first-order valence-corrected chi connectivity index (χ1v) is 10.2. The SMILES string of the molecule is O=C(N=Nc1c(O)n(CN2CCCCC2)c2ccccc12)c1ccc(Cl)cc1Cl. The number of hydrogen-bond donors (Lipinski definition) is 1. The highest BCUT2D eigenvalue weighted by atomic mass is 35.5. The molecule has 1 aliphatic heterocycles. The lowest BCUT2D eigenvalue weighted by molar-refractivity contribution is 0.0995. The van der Waals surface area contributed by atoms with Gasteiger partial charge in [0, 0.05) is 10.4 Å². The van der Waals surface area contributed by atoms with Gasteiger partial charge in [0.2, 0.25) is 5.88 Å². The Hall–Kier alpha value is -2.41. The molecule has 150 valence electrons. The van der Waals surface area contributed by atoms with Crippen LogP contribution in [0.15, 0.2) is 52.7 Å². The molecule has 6 nitrogen and oxygen atoms in total. The van der Waals surface area contributed by atoms with Gasteiger partial charge in [-0.1, -0.05) is 47.8 Å². The van der Waals surface area contributed by atoms with Gasteiger partial charge < -0.3 is 5.11 Å². The van der Waals surface area contributed by atoms with Gasteiger partial charge in [-0.15, -0.1) is 10.2 Å². The number of carbonyl (C=O) groups is 1. The summed E-state index contributed by atoms with van der Waals surface area (Å²) in [4.78, 5) is 14.7. The van der Waals surface area contributed by atoms with Crippen LogP contribution < -0.4 is 0 Å². The zero-order chi connectivity index (χ0) is 20.4. The molecule has 2 heterocycles. The molecule has 1 aliphatic rings. The maximum atomic E-state index is 12.4. The fourth-order valence-corrected chi connectivity index (χ4v) is 4.12. The third kappa shape index (κ3) is 4.15. The number of carbonyl (C=O) groups excluding carboxylic acids is 1. The minimum absolute atomic E-state index is 0.00414. The van der Waals surface area contributed by atoms with Crippen LogP contribution in [0.25, 0.3) is 10.9 Å². The second-order valence-corrected chi connectivity index (χ2v) is 7.91. The Morgan fingerprint density at radius 2 is 1.83 bits per heavy atom. The van der Waals surface area contributed by atoms with Crippen LogP contribution in [0.1, 0.15) is 29.6 Å². The summed E-state index contributed by atoms with van der Waals surface area (Å²) < 4.78 is 1.81. The van der Waals surface area contributed by atoms with E-state index in [1.54, 1.807) is 6.07 Å². The van der Waals surface area contributed by atoms with Crippen molar-refractivity contribution >= 4 is 45.7 Å². The molecule has 0 radical (unpaired) electrons. The number of para-hydroxylation sites is 1. The first-order valence-electron chi connectivity index (χ1n) is 9.48. The standard InChI is InChI=1S/C21H20Cl2N4O2/c22-14-8-9-15(17(23)12-14)20(28)25-24-19-16-6-2-3-7-18(16)27(21(19)29)13-26-10-4-1-5-11-26/h2-3,6-9,12,29H,1,4-5,10-11,13H2. The molecule has 2 aromatic carbocycles. The number of hydrogen-bond acceptors (Lipinski definition) is 4. The molecule has 4 rings (SSSR count). The van der Waals surface area contributed by atoms with Crippen molar-refractivity contribution < 1.29 is 9.90 Å². The molecule has 0 unspecified atom stereocenters. The van der Waals surface area contributed by atoms with Gasteiger partial charge >= 0.3 is 0 Å². The van der Waals surface area contributed by atoms with E-state index >= 15 is 0 Å². The molecule has 0 atom stereocenters. The van der Waals surface area contributed by atoms with E-state index < -0.39 is 5.91 Å². The number of azo groups is 1. The van der Waals surface area contributed by atoms with E-state index in [2.05, 4.69) is 15.1 Å². The Bertz CT molecular complexity index is 1090. The zero-order valence-electron chi connectivity index (χ0n) is 15.7. The molecule has 1 aromatic heterocycles. The Labute approximate surface area is 178 Å². The molecule has 0 bridgehead atoms. The number of nitrogens with zero attached hydrogens (tertiary/aromatic N) is 4. The van der Waals surface area contributed by atoms with Gasteiger partial charge in [-0.2, -0.15) is 0 Å². The number of aromatic hydroxyl groups is 1. The molecule has 1 amide bonds. The number of amides is 1. The van der Waals surface area contributed by atoms with Crippen LogP contribution in [0.3, 0.4) is 0 Å². The summed E-state index contributed by atoms with van der Waals surface area (Å²) in [7, 11) is 0. The number of fused-ring (bicyclic) bond motifs is 1. The van der Waals surface area contributed by atoms with Crippen molar-refractivity contribution in [3.8, 4) is 5.88 Å². The van der Waals surface area contributed by atoms with Crippen molar-refractivity contribution in [3.63, 3.8) is 0 Å². The minimum atomic E-state index is -0.598. The van der Waals surface area contributed by atoms with Crippen molar-refractivity contribution in [2.75, 3.05) is 13.1 Å². The Morgan fingerprint density at radius 1 is 1.07 bits per heavy atom. The van der Waals surface area contributed by atoms with E-state index in [4.69, 9.17) is 23.2 Å². The van der Waals surface area contributed by atoms with Crippen LogP contribution in [0.2, 0.25) is 10.0 Å². The summed E-state index contributed by atoms with van der Waals surface area (Å²) in [6, 6.07) is 12.1. The zero-order valence-corrected chi connectivity index (χ0v) is 17.2. The molecule has 0 aliphatic carbocycles. The normalized spacial score (nSPS) is 15.4. The van der Waals surface area contributed by atoms with Crippen LogP contribution in [-0.4, -0.2) is 33.6 Å². The Morgan fingerprint density at radius 3 is 2.59 bits per heavy atom. The predicted octanol–water partition coefficient (Wildman–Crippen LogP) is 6.02. The number of piperidine rings is 1. The fourth-order valence-electron chi connectivity index (χ4n) is 3.63. The van der Waals surface area contributed by atoms with Gasteiger partial charge in [0.1, 0.15) is 0 Å². The highest BCUT2D eigenvalue weighted by Crippen LogP contribution is 2.39. The summed E-state index contributed by atoms with van der Waals surface area (Å²) in [6.45, 7) is 2.56. The molecular formula is C21H20Cl2N4O2. The van der Waals surface area contributed by atoms with Gasteiger partial charge in [-0.25, -0.2) is 0 Å². The first kappa shape index (κ1) is 19.9. The Balaban J connectivity index is 1.67. The van der Waals surface area contributed by atoms with Gasteiger partial charge in [0.25, 0.3) is 5.91 Å². The summed E-state index contributed by atoms with van der Waals surface area (Å²) in [5.74, 6) is -0.602. The number of rotatable bonds is 4. The third-order valence-electron chi connectivity index (χ3n) is 5.11. The molecule has 1 saturated heterocycles. The quantitative estimate of drug-likeness (QED) is 0.514. The van der Waals surface area contributed by atoms with Crippen molar-refractivity contribution in [1.29, 1.82) is 0 Å². The molecular weight excluding hydrogens is 411 g/mol. The van der Waals surface area contributed by atoms with Crippen LogP contribution in [-0.2, 0) is 6.67 Å². The van der Waals surface area contributed by atoms with E-state index in [0.717, 1.165) is 36.8 Å². The van der Waals surface area contributed by atoms with Crippen LogP contribution in [0.4, 0.5) is 5.69 Å². The van der Waals surface area contributed by atoms with Crippen molar-refractivity contribution in [3.05, 3.63) is 58.1 Å². The Kier molecular flexibility index (Phi) is 5.85. The summed E-state index contributed by atoms with van der Waals surface area (Å²) in [5, 5.41) is 20.1. The van der Waals surface area contributed by atoms with Gasteiger partial charge in [0.15, 0.2) is 5.69 Å². The molecule has 1 fully saturated rings. The number of aromatic nitrogens is 1. The minimum Gasteiger partial charge on any atom is -0.493 e. The lowest BCUT2D eigenvalue weighted by atomic mass is 10.1. The average molecular weight is 431 g/mol. The highest BCUT2D eigenvalue weighted by Gasteiger charge is 2.20. The topological polar surface area (TPSA) is 70.2 Å². The average Bonchev–Trinajstić information content (AvgIpc) is 2.98. The third-order valence-corrected chi connectivity index (χ3v) is 5.66. The van der Waals surface area contributed by atoms with Crippen LogP contribution in [0, 0.1) is 0 Å². The number of likely N-dealkylation sites (tertiary alicyclic amines) is 1. The monoisotopic (exact) mass is 430 g/mol. The molecule has 0 spiro atoms. The number of halogens is 2. The largest absolute Gasteiger partial charge is 0.493 e. The summed E-state index contributed by atoms with van der Waals surface area (Å²) in [6.07, 6.45) is 3.55. The van der Waals surface area contributed by atoms with Gasteiger partial charge in [0.05, 0.1) is 22.8 Å². The molecule has 1 N–H and O–H groups in total. The van der Waals surface area contributed by atoms with Crippen molar-refractivity contribution in [1.82, 2.24) is 9.47 Å². The van der Waals surface area contributed by atoms with E-state index in [9.17, 15) is 9.90 Å². The molecule has 0 saturated carbocycles. The van der Waals surface area contributed by atoms with Crippen molar-refractivity contribution in [2.45, 2.75) is 25.9 Å². The van der Waals surface area contributed by atoms with Crippen LogP contribution >= 0.6 is 23.2 Å². The molecule has 29 heavy (non-hydrogen) atoms. The van der Waals surface area contributed by atoms with E-state index in [1.165, 1.54) is 18.6 Å². The molecule has 8 heteroatoms. The smallest absolute Gasteiger partial charge is 0.296 e.